The fraction of sp³-hybridized carbons (Fsp3) is 0.375. The number of rotatable bonds is 1. The average molecular weight is 219 g/mol. The SMILES string of the molecule is Cl.NC(=O)c1cc2c(s1)CCNC2. The summed E-state index contributed by atoms with van der Waals surface area (Å²) in [6, 6.07) is 1.90. The van der Waals surface area contributed by atoms with Crippen LogP contribution in [0.2, 0.25) is 0 Å². The van der Waals surface area contributed by atoms with Crippen LogP contribution in [-0.4, -0.2) is 12.5 Å². The Balaban J connectivity index is 0.000000845. The van der Waals surface area contributed by atoms with Gasteiger partial charge in [0.1, 0.15) is 0 Å². The predicted molar refractivity (Wildman–Crippen MR) is 55.5 cm³/mol. The first-order chi connectivity index (χ1) is 5.77. The fourth-order valence-electron chi connectivity index (χ4n) is 1.37. The van der Waals surface area contributed by atoms with Gasteiger partial charge in [-0.05, 0) is 18.1 Å². The van der Waals surface area contributed by atoms with E-state index in [1.807, 2.05) is 6.07 Å². The molecular formula is C8H11ClN2OS. The molecule has 1 amide bonds. The van der Waals surface area contributed by atoms with Crippen molar-refractivity contribution in [3.05, 3.63) is 21.4 Å². The first-order valence-corrected chi connectivity index (χ1v) is 4.71. The largest absolute Gasteiger partial charge is 0.365 e. The monoisotopic (exact) mass is 218 g/mol. The Labute approximate surface area is 86.7 Å². The molecule has 2 heterocycles. The van der Waals surface area contributed by atoms with Crippen molar-refractivity contribution in [2.75, 3.05) is 6.54 Å². The van der Waals surface area contributed by atoms with E-state index in [1.54, 1.807) is 0 Å². The molecule has 0 aromatic carbocycles. The Morgan fingerprint density at radius 1 is 1.62 bits per heavy atom. The molecule has 13 heavy (non-hydrogen) atoms. The third-order valence-corrected chi connectivity index (χ3v) is 3.24. The van der Waals surface area contributed by atoms with Gasteiger partial charge in [0, 0.05) is 18.0 Å². The van der Waals surface area contributed by atoms with Crippen molar-refractivity contribution >= 4 is 29.7 Å². The quantitative estimate of drug-likeness (QED) is 0.737. The standard InChI is InChI=1S/C8H10N2OS.ClH/c9-8(11)7-3-5-4-10-2-1-6(5)12-7;/h3,10H,1-2,4H2,(H2,9,11);1H. The van der Waals surface area contributed by atoms with Crippen LogP contribution in [0.25, 0.3) is 0 Å². The summed E-state index contributed by atoms with van der Waals surface area (Å²) in [5.74, 6) is -0.311. The molecule has 1 aromatic heterocycles. The lowest BCUT2D eigenvalue weighted by Gasteiger charge is -2.10. The Bertz CT molecular complexity index is 300. The van der Waals surface area contributed by atoms with Gasteiger partial charge >= 0.3 is 0 Å². The summed E-state index contributed by atoms with van der Waals surface area (Å²) >= 11 is 1.53. The fourth-order valence-corrected chi connectivity index (χ4v) is 2.41. The van der Waals surface area contributed by atoms with E-state index in [9.17, 15) is 4.79 Å². The van der Waals surface area contributed by atoms with E-state index in [0.717, 1.165) is 19.5 Å². The molecule has 0 atom stereocenters. The third-order valence-electron chi connectivity index (χ3n) is 1.98. The van der Waals surface area contributed by atoms with E-state index < -0.39 is 0 Å². The second kappa shape index (κ2) is 4.09. The molecule has 1 aliphatic rings. The zero-order valence-electron chi connectivity index (χ0n) is 7.00. The lowest BCUT2D eigenvalue weighted by molar-refractivity contribution is 0.100. The number of carbonyl (C=O) groups is 1. The number of nitrogens with one attached hydrogen (secondary N) is 1. The molecule has 3 nitrogen and oxygen atoms in total. The van der Waals surface area contributed by atoms with Gasteiger partial charge in [-0.2, -0.15) is 0 Å². The van der Waals surface area contributed by atoms with Crippen LogP contribution in [0, 0.1) is 0 Å². The lowest BCUT2D eigenvalue weighted by atomic mass is 10.1. The first-order valence-electron chi connectivity index (χ1n) is 3.89. The van der Waals surface area contributed by atoms with E-state index in [1.165, 1.54) is 21.8 Å². The molecule has 0 spiro atoms. The molecule has 0 unspecified atom stereocenters. The Hall–Kier alpha value is -0.580. The van der Waals surface area contributed by atoms with Gasteiger partial charge in [0.25, 0.3) is 5.91 Å². The average Bonchev–Trinajstić information content (AvgIpc) is 2.46. The maximum absolute atomic E-state index is 10.8. The predicted octanol–water partition coefficient (Wildman–Crippen LogP) is 0.915. The molecule has 3 N–H and O–H groups in total. The van der Waals surface area contributed by atoms with Crippen LogP contribution >= 0.6 is 23.7 Å². The summed E-state index contributed by atoms with van der Waals surface area (Å²) in [6.45, 7) is 1.88. The molecule has 5 heteroatoms. The van der Waals surface area contributed by atoms with Crippen molar-refractivity contribution in [1.29, 1.82) is 0 Å². The van der Waals surface area contributed by atoms with Crippen molar-refractivity contribution in [2.24, 2.45) is 5.73 Å². The highest BCUT2D eigenvalue weighted by molar-refractivity contribution is 7.14. The van der Waals surface area contributed by atoms with E-state index in [0.29, 0.717) is 4.88 Å². The summed E-state index contributed by atoms with van der Waals surface area (Å²) in [5.41, 5.74) is 6.41. The van der Waals surface area contributed by atoms with Crippen LogP contribution in [-0.2, 0) is 13.0 Å². The third kappa shape index (κ3) is 2.02. The minimum atomic E-state index is -0.311. The molecule has 0 fully saturated rings. The number of hydrogen-bond donors (Lipinski definition) is 2. The number of nitrogens with two attached hydrogens (primary N) is 1. The van der Waals surface area contributed by atoms with Crippen LogP contribution in [0.15, 0.2) is 6.07 Å². The van der Waals surface area contributed by atoms with Crippen LogP contribution in [0.5, 0.6) is 0 Å². The van der Waals surface area contributed by atoms with Gasteiger partial charge in [-0.3, -0.25) is 4.79 Å². The summed E-state index contributed by atoms with van der Waals surface area (Å²) in [7, 11) is 0. The summed E-state index contributed by atoms with van der Waals surface area (Å²) in [6.07, 6.45) is 1.02. The molecule has 1 aromatic rings. The molecule has 0 aliphatic carbocycles. The van der Waals surface area contributed by atoms with Gasteiger partial charge in [0.15, 0.2) is 0 Å². The Morgan fingerprint density at radius 2 is 2.38 bits per heavy atom. The smallest absolute Gasteiger partial charge is 0.258 e. The molecule has 1 aliphatic heterocycles. The number of fused-ring (bicyclic) bond motifs is 1. The molecule has 0 saturated carbocycles. The lowest BCUT2D eigenvalue weighted by Crippen LogP contribution is -2.21. The van der Waals surface area contributed by atoms with Crippen molar-refractivity contribution in [3.63, 3.8) is 0 Å². The number of halogens is 1. The van der Waals surface area contributed by atoms with Crippen molar-refractivity contribution < 1.29 is 4.79 Å². The molecular weight excluding hydrogens is 208 g/mol. The summed E-state index contributed by atoms with van der Waals surface area (Å²) in [4.78, 5) is 12.8. The van der Waals surface area contributed by atoms with Crippen LogP contribution in [0.1, 0.15) is 20.1 Å². The Morgan fingerprint density at radius 3 is 3.00 bits per heavy atom. The van der Waals surface area contributed by atoms with E-state index in [4.69, 9.17) is 5.73 Å². The zero-order valence-corrected chi connectivity index (χ0v) is 8.63. The minimum Gasteiger partial charge on any atom is -0.365 e. The number of carbonyl (C=O) groups excluding carboxylic acids is 1. The van der Waals surface area contributed by atoms with Crippen molar-refractivity contribution in [2.45, 2.75) is 13.0 Å². The number of hydrogen-bond acceptors (Lipinski definition) is 3. The van der Waals surface area contributed by atoms with Gasteiger partial charge < -0.3 is 11.1 Å². The highest BCUT2D eigenvalue weighted by Gasteiger charge is 2.14. The van der Waals surface area contributed by atoms with Gasteiger partial charge in [-0.25, -0.2) is 0 Å². The summed E-state index contributed by atoms with van der Waals surface area (Å²) < 4.78 is 0. The van der Waals surface area contributed by atoms with Crippen LogP contribution < -0.4 is 11.1 Å². The highest BCUT2D eigenvalue weighted by Crippen LogP contribution is 2.24. The van der Waals surface area contributed by atoms with E-state index in [-0.39, 0.29) is 18.3 Å². The maximum Gasteiger partial charge on any atom is 0.258 e. The number of amides is 1. The van der Waals surface area contributed by atoms with Gasteiger partial charge in [-0.15, -0.1) is 23.7 Å². The van der Waals surface area contributed by atoms with Crippen LogP contribution in [0.4, 0.5) is 0 Å². The molecule has 72 valence electrons. The summed E-state index contributed by atoms with van der Waals surface area (Å²) in [5, 5.41) is 3.25. The number of primary amides is 1. The van der Waals surface area contributed by atoms with Gasteiger partial charge in [-0.1, -0.05) is 0 Å². The highest BCUT2D eigenvalue weighted by atomic mass is 35.5. The van der Waals surface area contributed by atoms with Crippen LogP contribution in [0.3, 0.4) is 0 Å². The normalized spacial score (nSPS) is 14.5. The van der Waals surface area contributed by atoms with Gasteiger partial charge in [0.05, 0.1) is 4.88 Å². The van der Waals surface area contributed by atoms with E-state index in [2.05, 4.69) is 5.32 Å². The zero-order chi connectivity index (χ0) is 8.55. The molecule has 0 bridgehead atoms. The van der Waals surface area contributed by atoms with E-state index >= 15 is 0 Å². The topological polar surface area (TPSA) is 55.1 Å². The molecule has 0 saturated heterocycles. The number of thiophene rings is 1. The molecule has 0 radical (unpaired) electrons. The van der Waals surface area contributed by atoms with Crippen molar-refractivity contribution in [1.82, 2.24) is 5.32 Å². The van der Waals surface area contributed by atoms with Crippen molar-refractivity contribution in [3.8, 4) is 0 Å². The van der Waals surface area contributed by atoms with Gasteiger partial charge in [0.2, 0.25) is 0 Å². The minimum absolute atomic E-state index is 0. The first kappa shape index (κ1) is 10.5. The molecule has 2 rings (SSSR count). The maximum atomic E-state index is 10.8. The second-order valence-corrected chi connectivity index (χ2v) is 3.99. The second-order valence-electron chi connectivity index (χ2n) is 2.85. The Kier molecular flexibility index (Phi) is 3.30.